The summed E-state index contributed by atoms with van der Waals surface area (Å²) < 4.78 is 0. The van der Waals surface area contributed by atoms with Crippen molar-refractivity contribution in [2.45, 2.75) is 42.6 Å². The van der Waals surface area contributed by atoms with Crippen LogP contribution in [0.2, 0.25) is 0 Å². The van der Waals surface area contributed by atoms with Crippen molar-refractivity contribution in [3.05, 3.63) is 60.2 Å². The third kappa shape index (κ3) is 2.67. The molecule has 0 N–H and O–H groups in total. The van der Waals surface area contributed by atoms with Gasteiger partial charge in [-0.05, 0) is 53.3 Å². The van der Waals surface area contributed by atoms with Crippen LogP contribution in [0.5, 0.6) is 0 Å². The van der Waals surface area contributed by atoms with Crippen molar-refractivity contribution in [3.63, 3.8) is 0 Å². The van der Waals surface area contributed by atoms with Gasteiger partial charge in [0.05, 0.1) is 0 Å². The Morgan fingerprint density at radius 2 is 1.40 bits per heavy atom. The van der Waals surface area contributed by atoms with Gasteiger partial charge in [-0.2, -0.15) is 11.8 Å². The Bertz CT molecular complexity index is 895. The van der Waals surface area contributed by atoms with Gasteiger partial charge in [0.1, 0.15) is 0 Å². The number of carbonyl (C=O) groups is 1. The molecule has 2 bridgehead atoms. The lowest BCUT2D eigenvalue weighted by Gasteiger charge is -2.38. The Labute approximate surface area is 152 Å². The molecule has 2 saturated heterocycles. The van der Waals surface area contributed by atoms with E-state index in [1.165, 1.54) is 30.0 Å². The molecule has 3 aromatic carbocycles. The predicted molar refractivity (Wildman–Crippen MR) is 108 cm³/mol. The smallest absolute Gasteiger partial charge is 0.167 e. The van der Waals surface area contributed by atoms with Crippen molar-refractivity contribution in [2.75, 3.05) is 0 Å². The lowest BCUT2D eigenvalue weighted by molar-refractivity contribution is 0.0900. The third-order valence-corrected chi connectivity index (χ3v) is 7.55. The summed E-state index contributed by atoms with van der Waals surface area (Å²) in [6.45, 7) is 0. The molecule has 25 heavy (non-hydrogen) atoms. The van der Waals surface area contributed by atoms with Crippen LogP contribution in [0.25, 0.3) is 21.5 Å². The van der Waals surface area contributed by atoms with E-state index in [9.17, 15) is 4.79 Å². The van der Waals surface area contributed by atoms with Gasteiger partial charge in [-0.1, -0.05) is 55.0 Å². The predicted octanol–water partition coefficient (Wildman–Crippen LogP) is 6.24. The van der Waals surface area contributed by atoms with Crippen LogP contribution in [-0.4, -0.2) is 16.3 Å². The van der Waals surface area contributed by atoms with E-state index in [2.05, 4.69) is 66.4 Å². The van der Waals surface area contributed by atoms with Crippen molar-refractivity contribution in [3.8, 4) is 0 Å². The van der Waals surface area contributed by atoms with Crippen molar-refractivity contribution in [1.29, 1.82) is 0 Å². The summed E-state index contributed by atoms with van der Waals surface area (Å²) in [5.74, 6) is 0.580. The molecular formula is C23H22OS. The van der Waals surface area contributed by atoms with Gasteiger partial charge in [0, 0.05) is 22.0 Å². The van der Waals surface area contributed by atoms with E-state index in [-0.39, 0.29) is 5.92 Å². The quantitative estimate of drug-likeness (QED) is 0.403. The number of rotatable bonds is 2. The summed E-state index contributed by atoms with van der Waals surface area (Å²) in [6.07, 6.45) is 6.07. The van der Waals surface area contributed by atoms with E-state index in [4.69, 9.17) is 0 Å². The Morgan fingerprint density at radius 3 is 2.00 bits per heavy atom. The average Bonchev–Trinajstić information content (AvgIpc) is 2.65. The van der Waals surface area contributed by atoms with Gasteiger partial charge in [-0.25, -0.2) is 0 Å². The number of carbonyl (C=O) groups excluding carboxylic acids is 1. The molecule has 2 aliphatic rings. The summed E-state index contributed by atoms with van der Waals surface area (Å²) in [4.78, 5) is 13.6. The summed E-state index contributed by atoms with van der Waals surface area (Å²) in [7, 11) is 0. The van der Waals surface area contributed by atoms with Gasteiger partial charge in [-0.15, -0.1) is 0 Å². The van der Waals surface area contributed by atoms with Crippen LogP contribution in [0.3, 0.4) is 0 Å². The Morgan fingerprint density at radius 1 is 0.840 bits per heavy atom. The second-order valence-electron chi connectivity index (χ2n) is 7.54. The van der Waals surface area contributed by atoms with E-state index < -0.39 is 0 Å². The molecule has 0 saturated carbocycles. The maximum Gasteiger partial charge on any atom is 0.167 e. The lowest BCUT2D eigenvalue weighted by Crippen LogP contribution is -2.33. The lowest BCUT2D eigenvalue weighted by atomic mass is 9.82. The second kappa shape index (κ2) is 6.17. The topological polar surface area (TPSA) is 17.1 Å². The first-order chi connectivity index (χ1) is 12.3. The Balaban J connectivity index is 1.66. The molecule has 2 heterocycles. The molecule has 0 spiro atoms. The molecule has 0 amide bonds. The molecule has 1 nitrogen and oxygen atoms in total. The minimum atomic E-state index is 0.200. The molecule has 2 unspecified atom stereocenters. The molecule has 2 atom stereocenters. The van der Waals surface area contributed by atoms with Gasteiger partial charge < -0.3 is 0 Å². The molecule has 2 fully saturated rings. The van der Waals surface area contributed by atoms with Crippen LogP contribution in [0.15, 0.2) is 54.6 Å². The first kappa shape index (κ1) is 15.5. The molecule has 2 aliphatic heterocycles. The van der Waals surface area contributed by atoms with Crippen molar-refractivity contribution < 1.29 is 4.79 Å². The first-order valence-corrected chi connectivity index (χ1v) is 10.3. The number of benzene rings is 3. The maximum absolute atomic E-state index is 13.6. The van der Waals surface area contributed by atoms with E-state index in [1.54, 1.807) is 0 Å². The average molecular weight is 346 g/mol. The standard InChI is InChI=1S/C23H22OS/c24-23(17-13-18-8-5-9-19(14-17)25-18)22-20-10-3-1-6-15(20)12-16-7-2-4-11-21(16)22/h1-4,6-7,10-12,17-19H,5,8-9,13-14H2. The molecule has 126 valence electrons. The van der Waals surface area contributed by atoms with E-state index >= 15 is 0 Å². The summed E-state index contributed by atoms with van der Waals surface area (Å²) in [5.41, 5.74) is 0.962. The van der Waals surface area contributed by atoms with Crippen LogP contribution in [0.1, 0.15) is 42.5 Å². The van der Waals surface area contributed by atoms with Gasteiger partial charge in [0.15, 0.2) is 5.78 Å². The number of hydrogen-bond acceptors (Lipinski definition) is 2. The largest absolute Gasteiger partial charge is 0.294 e. The summed E-state index contributed by atoms with van der Waals surface area (Å²) in [5, 5.41) is 5.99. The first-order valence-electron chi connectivity index (χ1n) is 9.40. The zero-order valence-corrected chi connectivity index (χ0v) is 15.1. The van der Waals surface area contributed by atoms with Crippen molar-refractivity contribution in [2.24, 2.45) is 5.92 Å². The van der Waals surface area contributed by atoms with Crippen LogP contribution < -0.4 is 0 Å². The normalized spacial score (nSPS) is 26.0. The fourth-order valence-corrected chi connectivity index (χ4v) is 6.59. The maximum atomic E-state index is 13.6. The van der Waals surface area contributed by atoms with E-state index in [0.29, 0.717) is 16.3 Å². The van der Waals surface area contributed by atoms with Gasteiger partial charge >= 0.3 is 0 Å². The van der Waals surface area contributed by atoms with Crippen LogP contribution in [-0.2, 0) is 0 Å². The molecule has 0 aliphatic carbocycles. The minimum Gasteiger partial charge on any atom is -0.294 e. The fourth-order valence-electron chi connectivity index (χ4n) is 4.76. The number of hydrogen-bond donors (Lipinski definition) is 0. The van der Waals surface area contributed by atoms with Crippen LogP contribution in [0, 0.1) is 5.92 Å². The highest BCUT2D eigenvalue weighted by molar-refractivity contribution is 8.00. The van der Waals surface area contributed by atoms with Crippen LogP contribution in [0.4, 0.5) is 0 Å². The molecule has 0 aromatic heterocycles. The monoisotopic (exact) mass is 346 g/mol. The molecule has 0 radical (unpaired) electrons. The Hall–Kier alpha value is -1.80. The number of thioether (sulfide) groups is 1. The van der Waals surface area contributed by atoms with Gasteiger partial charge in [0.25, 0.3) is 0 Å². The van der Waals surface area contributed by atoms with Crippen molar-refractivity contribution >= 4 is 39.1 Å². The minimum absolute atomic E-state index is 0.200. The highest BCUT2D eigenvalue weighted by atomic mass is 32.2. The number of fused-ring (bicyclic) bond motifs is 4. The summed E-state index contributed by atoms with van der Waals surface area (Å²) in [6, 6.07) is 18.9. The van der Waals surface area contributed by atoms with E-state index in [1.807, 2.05) is 0 Å². The third-order valence-electron chi connectivity index (χ3n) is 5.92. The molecular weight excluding hydrogens is 324 g/mol. The molecule has 5 rings (SSSR count). The van der Waals surface area contributed by atoms with E-state index in [0.717, 1.165) is 29.2 Å². The highest BCUT2D eigenvalue weighted by Gasteiger charge is 2.36. The summed E-state index contributed by atoms with van der Waals surface area (Å²) >= 11 is 2.14. The second-order valence-corrected chi connectivity index (χ2v) is 9.14. The zero-order valence-electron chi connectivity index (χ0n) is 14.3. The van der Waals surface area contributed by atoms with Crippen LogP contribution >= 0.6 is 11.8 Å². The SMILES string of the molecule is O=C(c1c2ccccc2cc2ccccc12)C1CC2CCCC(C1)S2. The van der Waals surface area contributed by atoms with Gasteiger partial charge in [0.2, 0.25) is 0 Å². The number of ketones is 1. The fraction of sp³-hybridized carbons (Fsp3) is 0.348. The Kier molecular flexibility index (Phi) is 3.82. The van der Waals surface area contributed by atoms with Crippen molar-refractivity contribution in [1.82, 2.24) is 0 Å². The number of Topliss-reactive ketones (excluding diaryl/α,β-unsaturated/α-hetero) is 1. The molecule has 3 aromatic rings. The highest BCUT2D eigenvalue weighted by Crippen LogP contribution is 2.45. The molecule has 2 heteroatoms. The zero-order chi connectivity index (χ0) is 16.8. The van der Waals surface area contributed by atoms with Gasteiger partial charge in [-0.3, -0.25) is 4.79 Å².